The van der Waals surface area contributed by atoms with Crippen LogP contribution in [0.15, 0.2) is 54.6 Å². The summed E-state index contributed by atoms with van der Waals surface area (Å²) in [7, 11) is 0. The minimum absolute atomic E-state index is 0.232. The molecule has 1 saturated carbocycles. The highest BCUT2D eigenvalue weighted by Crippen LogP contribution is 2.46. The Morgan fingerprint density at radius 3 is 2.34 bits per heavy atom. The molecule has 0 N–H and O–H groups in total. The number of rotatable bonds is 11. The van der Waals surface area contributed by atoms with Gasteiger partial charge >= 0.3 is 0 Å². The Kier molecular flexibility index (Phi) is 7.83. The van der Waals surface area contributed by atoms with Gasteiger partial charge in [-0.2, -0.15) is 5.26 Å². The molecule has 1 aliphatic rings. The van der Waals surface area contributed by atoms with Gasteiger partial charge in [-0.25, -0.2) is 4.39 Å². The van der Waals surface area contributed by atoms with E-state index in [0.717, 1.165) is 63.7 Å². The molecule has 1 unspecified atom stereocenters. The van der Waals surface area contributed by atoms with Crippen LogP contribution in [0.1, 0.15) is 56.6 Å². The summed E-state index contributed by atoms with van der Waals surface area (Å²) >= 11 is 0. The maximum atomic E-state index is 13.5. The van der Waals surface area contributed by atoms with Crippen LogP contribution in [-0.4, -0.2) is 24.5 Å². The topological polar surface area (TPSA) is 27.0 Å². The van der Waals surface area contributed by atoms with E-state index >= 15 is 0 Å². The molecule has 154 valence electrons. The molecule has 0 bridgehead atoms. The summed E-state index contributed by atoms with van der Waals surface area (Å²) in [6.45, 7) is 5.38. The fourth-order valence-electron chi connectivity index (χ4n) is 4.61. The van der Waals surface area contributed by atoms with Gasteiger partial charge in [-0.05, 0) is 80.8 Å². The number of nitrogens with zero attached hydrogens (tertiary/aromatic N) is 2. The molecule has 2 aromatic rings. The number of halogens is 1. The average molecular weight is 393 g/mol. The Morgan fingerprint density at radius 2 is 1.76 bits per heavy atom. The van der Waals surface area contributed by atoms with Gasteiger partial charge in [-0.15, -0.1) is 0 Å². The van der Waals surface area contributed by atoms with E-state index in [1.54, 1.807) is 0 Å². The lowest BCUT2D eigenvalue weighted by molar-refractivity contribution is 0.184. The van der Waals surface area contributed by atoms with Gasteiger partial charge in [0.25, 0.3) is 0 Å². The minimum Gasteiger partial charge on any atom is -0.303 e. The molecule has 0 aromatic heterocycles. The van der Waals surface area contributed by atoms with Crippen molar-refractivity contribution in [1.29, 1.82) is 5.26 Å². The number of nitriles is 1. The van der Waals surface area contributed by atoms with E-state index in [1.165, 1.54) is 24.1 Å². The van der Waals surface area contributed by atoms with Crippen molar-refractivity contribution in [3.05, 3.63) is 71.5 Å². The van der Waals surface area contributed by atoms with Crippen molar-refractivity contribution < 1.29 is 4.39 Å². The second-order valence-corrected chi connectivity index (χ2v) is 8.40. The average Bonchev–Trinajstić information content (AvgIpc) is 2.71. The molecule has 2 nitrogen and oxygen atoms in total. The molecule has 29 heavy (non-hydrogen) atoms. The third kappa shape index (κ3) is 5.46. The Labute approximate surface area is 175 Å². The summed E-state index contributed by atoms with van der Waals surface area (Å²) < 4.78 is 13.5. The van der Waals surface area contributed by atoms with Crippen LogP contribution in [0.5, 0.6) is 0 Å². The van der Waals surface area contributed by atoms with Gasteiger partial charge in [0.15, 0.2) is 0 Å². The Bertz CT molecular complexity index is 777. The lowest BCUT2D eigenvalue weighted by Crippen LogP contribution is -2.39. The first-order chi connectivity index (χ1) is 14.2. The van der Waals surface area contributed by atoms with Gasteiger partial charge in [0.05, 0.1) is 11.5 Å². The Balaban J connectivity index is 1.63. The molecule has 0 saturated heterocycles. The standard InChI is InChI=1S/C26H33FN2/c1-2-18-29(20-16-22-8-4-3-5-9-22)19-7-17-26(21-28,23-10-6-11-23)24-12-14-25(27)15-13-24/h3-5,8-9,12-15,23H,2,6-7,10-11,16-20H2,1H3. The van der Waals surface area contributed by atoms with E-state index in [-0.39, 0.29) is 5.82 Å². The first kappa shape index (κ1) is 21.5. The number of hydrogen-bond donors (Lipinski definition) is 0. The Morgan fingerprint density at radius 1 is 1.03 bits per heavy atom. The molecule has 1 atom stereocenters. The van der Waals surface area contributed by atoms with Crippen LogP contribution in [0.2, 0.25) is 0 Å². The molecule has 0 aliphatic heterocycles. The van der Waals surface area contributed by atoms with Gasteiger partial charge in [0.1, 0.15) is 5.82 Å². The molecule has 0 heterocycles. The van der Waals surface area contributed by atoms with Crippen molar-refractivity contribution in [3.63, 3.8) is 0 Å². The zero-order valence-corrected chi connectivity index (χ0v) is 17.6. The van der Waals surface area contributed by atoms with Gasteiger partial charge in [0, 0.05) is 6.54 Å². The quantitative estimate of drug-likeness (QED) is 0.460. The third-order valence-corrected chi connectivity index (χ3v) is 6.51. The van der Waals surface area contributed by atoms with Crippen molar-refractivity contribution in [2.24, 2.45) is 5.92 Å². The number of hydrogen-bond acceptors (Lipinski definition) is 2. The monoisotopic (exact) mass is 392 g/mol. The van der Waals surface area contributed by atoms with Gasteiger partial charge in [0.2, 0.25) is 0 Å². The smallest absolute Gasteiger partial charge is 0.123 e. The van der Waals surface area contributed by atoms with Crippen molar-refractivity contribution in [2.45, 2.75) is 57.3 Å². The second kappa shape index (κ2) is 10.6. The minimum atomic E-state index is -0.469. The van der Waals surface area contributed by atoms with Crippen LogP contribution in [-0.2, 0) is 11.8 Å². The van der Waals surface area contributed by atoms with Crippen LogP contribution in [0.3, 0.4) is 0 Å². The fraction of sp³-hybridized carbons (Fsp3) is 0.500. The molecule has 0 amide bonds. The molecule has 3 rings (SSSR count). The van der Waals surface area contributed by atoms with Crippen LogP contribution in [0, 0.1) is 23.1 Å². The van der Waals surface area contributed by atoms with E-state index in [2.05, 4.69) is 48.2 Å². The first-order valence-electron chi connectivity index (χ1n) is 11.1. The molecular formula is C26H33FN2. The zero-order chi connectivity index (χ0) is 20.5. The van der Waals surface area contributed by atoms with E-state index in [0.29, 0.717) is 5.92 Å². The van der Waals surface area contributed by atoms with Crippen molar-refractivity contribution >= 4 is 0 Å². The predicted molar refractivity (Wildman–Crippen MR) is 117 cm³/mol. The highest BCUT2D eigenvalue weighted by molar-refractivity contribution is 5.34. The van der Waals surface area contributed by atoms with E-state index < -0.39 is 5.41 Å². The lowest BCUT2D eigenvalue weighted by Gasteiger charge is -2.41. The molecule has 1 fully saturated rings. The molecular weight excluding hydrogens is 359 g/mol. The Hall–Kier alpha value is -2.18. The predicted octanol–water partition coefficient (Wildman–Crippen LogP) is 6.12. The molecule has 2 aromatic carbocycles. The number of benzene rings is 2. The lowest BCUT2D eigenvalue weighted by atomic mass is 9.61. The van der Waals surface area contributed by atoms with Crippen molar-refractivity contribution in [2.75, 3.05) is 19.6 Å². The molecule has 0 radical (unpaired) electrons. The van der Waals surface area contributed by atoms with E-state index in [9.17, 15) is 9.65 Å². The van der Waals surface area contributed by atoms with Crippen molar-refractivity contribution in [1.82, 2.24) is 4.90 Å². The second-order valence-electron chi connectivity index (χ2n) is 8.40. The maximum Gasteiger partial charge on any atom is 0.123 e. The van der Waals surface area contributed by atoms with Crippen molar-refractivity contribution in [3.8, 4) is 6.07 Å². The van der Waals surface area contributed by atoms with Crippen LogP contribution < -0.4 is 0 Å². The van der Waals surface area contributed by atoms with Gasteiger partial charge in [-0.3, -0.25) is 0 Å². The molecule has 3 heteroatoms. The molecule has 0 spiro atoms. The summed E-state index contributed by atoms with van der Waals surface area (Å²) in [5, 5.41) is 10.2. The summed E-state index contributed by atoms with van der Waals surface area (Å²) in [5.41, 5.74) is 1.90. The summed E-state index contributed by atoms with van der Waals surface area (Å²) in [6.07, 6.45) is 7.47. The SMILES string of the molecule is CCCN(CCCC(C#N)(c1ccc(F)cc1)C1CCC1)CCc1ccccc1. The van der Waals surface area contributed by atoms with E-state index in [1.807, 2.05) is 12.1 Å². The summed E-state index contributed by atoms with van der Waals surface area (Å²) in [4.78, 5) is 2.53. The highest BCUT2D eigenvalue weighted by atomic mass is 19.1. The van der Waals surface area contributed by atoms with Crippen LogP contribution in [0.25, 0.3) is 0 Å². The van der Waals surface area contributed by atoms with Crippen LogP contribution in [0.4, 0.5) is 4.39 Å². The summed E-state index contributed by atoms with van der Waals surface area (Å²) in [5.74, 6) is 0.172. The first-order valence-corrected chi connectivity index (χ1v) is 11.1. The third-order valence-electron chi connectivity index (χ3n) is 6.51. The van der Waals surface area contributed by atoms with Crippen LogP contribution >= 0.6 is 0 Å². The van der Waals surface area contributed by atoms with Gasteiger partial charge in [-0.1, -0.05) is 55.8 Å². The zero-order valence-electron chi connectivity index (χ0n) is 17.6. The highest BCUT2D eigenvalue weighted by Gasteiger charge is 2.43. The largest absolute Gasteiger partial charge is 0.303 e. The van der Waals surface area contributed by atoms with E-state index in [4.69, 9.17) is 0 Å². The normalized spacial score (nSPS) is 16.2. The summed E-state index contributed by atoms with van der Waals surface area (Å²) in [6, 6.07) is 20.0. The fourth-order valence-corrected chi connectivity index (χ4v) is 4.61. The molecule has 1 aliphatic carbocycles. The maximum absolute atomic E-state index is 13.5. The van der Waals surface area contributed by atoms with Gasteiger partial charge < -0.3 is 4.90 Å².